The van der Waals surface area contributed by atoms with Gasteiger partial charge in [-0.1, -0.05) is 12.1 Å². The van der Waals surface area contributed by atoms with E-state index in [4.69, 9.17) is 14.2 Å². The second-order valence-corrected chi connectivity index (χ2v) is 7.14. The number of fused-ring (bicyclic) bond motifs is 1. The first kappa shape index (κ1) is 16.6. The fourth-order valence-corrected chi connectivity index (χ4v) is 3.35. The van der Waals surface area contributed by atoms with Crippen molar-refractivity contribution in [2.45, 2.75) is 11.8 Å². The van der Waals surface area contributed by atoms with Crippen molar-refractivity contribution >= 4 is 10.0 Å². The molecule has 0 amide bonds. The summed E-state index contributed by atoms with van der Waals surface area (Å²) in [5, 5.41) is 0. The van der Waals surface area contributed by atoms with Gasteiger partial charge in [-0.3, -0.25) is 0 Å². The number of aryl methyl sites for hydroxylation is 1. The number of ether oxygens (including phenoxy) is 3. The van der Waals surface area contributed by atoms with Gasteiger partial charge in [-0.15, -0.1) is 0 Å². The molecule has 1 N–H and O–H groups in total. The second-order valence-electron chi connectivity index (χ2n) is 5.37. The van der Waals surface area contributed by atoms with Crippen molar-refractivity contribution < 1.29 is 22.6 Å². The maximum Gasteiger partial charge on any atom is 0.240 e. The van der Waals surface area contributed by atoms with Crippen molar-refractivity contribution in [3.05, 3.63) is 48.0 Å². The quantitative estimate of drug-likeness (QED) is 0.809. The van der Waals surface area contributed by atoms with E-state index in [9.17, 15) is 8.42 Å². The molecule has 0 atom stereocenters. The lowest BCUT2D eigenvalue weighted by Crippen LogP contribution is -2.28. The predicted molar refractivity (Wildman–Crippen MR) is 89.3 cm³/mol. The molecule has 3 rings (SSSR count). The topological polar surface area (TPSA) is 73.9 Å². The van der Waals surface area contributed by atoms with Crippen LogP contribution in [0.5, 0.6) is 17.2 Å². The van der Waals surface area contributed by atoms with Crippen LogP contribution in [0, 0.1) is 6.92 Å². The summed E-state index contributed by atoms with van der Waals surface area (Å²) in [6.45, 7) is 3.26. The Morgan fingerprint density at radius 2 is 1.88 bits per heavy atom. The Morgan fingerprint density at radius 1 is 1.08 bits per heavy atom. The molecule has 1 heterocycles. The third kappa shape index (κ3) is 3.98. The van der Waals surface area contributed by atoms with Crippen molar-refractivity contribution in [3.8, 4) is 17.2 Å². The SMILES string of the molecule is Cc1cccc(OCCNS(=O)(=O)c2ccc3c(c2)OCCO3)c1. The summed E-state index contributed by atoms with van der Waals surface area (Å²) in [6, 6.07) is 12.2. The fraction of sp³-hybridized carbons (Fsp3) is 0.294. The van der Waals surface area contributed by atoms with Gasteiger partial charge in [0.25, 0.3) is 0 Å². The first-order chi connectivity index (χ1) is 11.5. The molecule has 0 saturated heterocycles. The third-order valence-corrected chi connectivity index (χ3v) is 4.94. The average molecular weight is 349 g/mol. The summed E-state index contributed by atoms with van der Waals surface area (Å²) in [5.41, 5.74) is 1.09. The largest absolute Gasteiger partial charge is 0.492 e. The van der Waals surface area contributed by atoms with E-state index in [1.165, 1.54) is 12.1 Å². The number of nitrogens with one attached hydrogen (secondary N) is 1. The van der Waals surface area contributed by atoms with Crippen LogP contribution in [0.3, 0.4) is 0 Å². The van der Waals surface area contributed by atoms with Crippen LogP contribution in [0.4, 0.5) is 0 Å². The average Bonchev–Trinajstić information content (AvgIpc) is 2.58. The molecule has 2 aromatic carbocycles. The van der Waals surface area contributed by atoms with E-state index in [1.54, 1.807) is 6.07 Å². The molecule has 0 unspecified atom stereocenters. The molecule has 0 aliphatic carbocycles. The Kier molecular flexibility index (Phi) is 4.92. The van der Waals surface area contributed by atoms with Crippen molar-refractivity contribution in [3.63, 3.8) is 0 Å². The zero-order valence-electron chi connectivity index (χ0n) is 13.3. The minimum absolute atomic E-state index is 0.141. The van der Waals surface area contributed by atoms with Gasteiger partial charge in [0.05, 0.1) is 4.90 Å². The molecular formula is C17H19NO5S. The molecule has 0 fully saturated rings. The number of rotatable bonds is 6. The van der Waals surface area contributed by atoms with E-state index >= 15 is 0 Å². The van der Waals surface area contributed by atoms with Crippen molar-refractivity contribution in [1.82, 2.24) is 4.72 Å². The van der Waals surface area contributed by atoms with Gasteiger partial charge in [0, 0.05) is 12.6 Å². The summed E-state index contributed by atoms with van der Waals surface area (Å²) in [7, 11) is -3.62. The molecule has 1 aliphatic rings. The Labute approximate surface area is 141 Å². The summed E-state index contributed by atoms with van der Waals surface area (Å²) in [5.74, 6) is 1.72. The lowest BCUT2D eigenvalue weighted by atomic mass is 10.2. The Balaban J connectivity index is 1.58. The molecule has 0 spiro atoms. The Hall–Kier alpha value is -2.25. The smallest absolute Gasteiger partial charge is 0.240 e. The molecule has 0 radical (unpaired) electrons. The monoisotopic (exact) mass is 349 g/mol. The lowest BCUT2D eigenvalue weighted by Gasteiger charge is -2.19. The zero-order valence-corrected chi connectivity index (χ0v) is 14.1. The minimum Gasteiger partial charge on any atom is -0.492 e. The summed E-state index contributed by atoms with van der Waals surface area (Å²) in [6.07, 6.45) is 0. The maximum absolute atomic E-state index is 12.3. The highest BCUT2D eigenvalue weighted by Crippen LogP contribution is 2.32. The van der Waals surface area contributed by atoms with Crippen LogP contribution in [-0.2, 0) is 10.0 Å². The normalized spacial score (nSPS) is 13.5. The first-order valence-electron chi connectivity index (χ1n) is 7.63. The van der Waals surface area contributed by atoms with Crippen LogP contribution < -0.4 is 18.9 Å². The number of sulfonamides is 1. The molecule has 2 aromatic rings. The van der Waals surface area contributed by atoms with Gasteiger partial charge in [0.2, 0.25) is 10.0 Å². The molecule has 0 saturated carbocycles. The van der Waals surface area contributed by atoms with E-state index in [2.05, 4.69) is 4.72 Å². The Morgan fingerprint density at radius 3 is 2.67 bits per heavy atom. The summed E-state index contributed by atoms with van der Waals surface area (Å²) < 4.78 is 43.5. The predicted octanol–water partition coefficient (Wildman–Crippen LogP) is 2.12. The van der Waals surface area contributed by atoms with Crippen LogP contribution in [-0.4, -0.2) is 34.8 Å². The van der Waals surface area contributed by atoms with E-state index in [-0.39, 0.29) is 18.0 Å². The van der Waals surface area contributed by atoms with Crippen LogP contribution in [0.25, 0.3) is 0 Å². The van der Waals surface area contributed by atoms with Crippen LogP contribution >= 0.6 is 0 Å². The number of hydrogen-bond acceptors (Lipinski definition) is 5. The van der Waals surface area contributed by atoms with Crippen LogP contribution in [0.1, 0.15) is 5.56 Å². The van der Waals surface area contributed by atoms with Crippen LogP contribution in [0.15, 0.2) is 47.4 Å². The minimum atomic E-state index is -3.62. The van der Waals surface area contributed by atoms with Crippen molar-refractivity contribution in [2.24, 2.45) is 0 Å². The van der Waals surface area contributed by atoms with Gasteiger partial charge < -0.3 is 14.2 Å². The highest BCUT2D eigenvalue weighted by molar-refractivity contribution is 7.89. The molecule has 128 valence electrons. The molecule has 7 heteroatoms. The number of hydrogen-bond donors (Lipinski definition) is 1. The zero-order chi connectivity index (χ0) is 17.0. The van der Waals surface area contributed by atoms with Gasteiger partial charge in [0.1, 0.15) is 25.6 Å². The molecule has 0 aromatic heterocycles. The van der Waals surface area contributed by atoms with E-state index in [1.807, 2.05) is 31.2 Å². The van der Waals surface area contributed by atoms with Gasteiger partial charge in [-0.2, -0.15) is 0 Å². The van der Waals surface area contributed by atoms with E-state index in [0.717, 1.165) is 5.56 Å². The molecule has 6 nitrogen and oxygen atoms in total. The molecule has 24 heavy (non-hydrogen) atoms. The van der Waals surface area contributed by atoms with E-state index < -0.39 is 10.0 Å². The van der Waals surface area contributed by atoms with Gasteiger partial charge in [-0.25, -0.2) is 13.1 Å². The van der Waals surface area contributed by atoms with Crippen molar-refractivity contribution in [2.75, 3.05) is 26.4 Å². The lowest BCUT2D eigenvalue weighted by molar-refractivity contribution is 0.171. The first-order valence-corrected chi connectivity index (χ1v) is 9.12. The highest BCUT2D eigenvalue weighted by Gasteiger charge is 2.18. The highest BCUT2D eigenvalue weighted by atomic mass is 32.2. The van der Waals surface area contributed by atoms with Gasteiger partial charge in [-0.05, 0) is 36.8 Å². The van der Waals surface area contributed by atoms with Gasteiger partial charge in [0.15, 0.2) is 11.5 Å². The van der Waals surface area contributed by atoms with Crippen LogP contribution in [0.2, 0.25) is 0 Å². The van der Waals surface area contributed by atoms with Gasteiger partial charge >= 0.3 is 0 Å². The molecule has 1 aliphatic heterocycles. The maximum atomic E-state index is 12.3. The Bertz CT molecular complexity index is 819. The third-order valence-electron chi connectivity index (χ3n) is 3.48. The molecular weight excluding hydrogens is 330 g/mol. The summed E-state index contributed by atoms with van der Waals surface area (Å²) >= 11 is 0. The second kappa shape index (κ2) is 7.11. The fourth-order valence-electron chi connectivity index (χ4n) is 2.32. The van der Waals surface area contributed by atoms with Crippen molar-refractivity contribution in [1.29, 1.82) is 0 Å². The molecule has 0 bridgehead atoms. The summed E-state index contributed by atoms with van der Waals surface area (Å²) in [4.78, 5) is 0.141. The van der Waals surface area contributed by atoms with E-state index in [0.29, 0.717) is 30.5 Å². The number of benzene rings is 2. The standard InChI is InChI=1S/C17H19NO5S/c1-13-3-2-4-14(11-13)21-8-7-18-24(19,20)15-5-6-16-17(12-15)23-10-9-22-16/h2-6,11-12,18H,7-10H2,1H3.